The summed E-state index contributed by atoms with van der Waals surface area (Å²) in [4.78, 5) is 2.64. The van der Waals surface area contributed by atoms with Crippen molar-refractivity contribution in [2.75, 3.05) is 32.7 Å². The smallest absolute Gasteiger partial charge is 0.000664 e. The van der Waals surface area contributed by atoms with Gasteiger partial charge in [-0.05, 0) is 57.9 Å². The second-order valence-corrected chi connectivity index (χ2v) is 5.50. The topological polar surface area (TPSA) is 15.3 Å². The van der Waals surface area contributed by atoms with Gasteiger partial charge in [-0.1, -0.05) is 40.5 Å². The van der Waals surface area contributed by atoms with Gasteiger partial charge in [0, 0.05) is 0 Å². The maximum atomic E-state index is 3.53. The van der Waals surface area contributed by atoms with Crippen LogP contribution in [0.5, 0.6) is 0 Å². The number of hydrogen-bond acceptors (Lipinski definition) is 2. The van der Waals surface area contributed by atoms with E-state index in [2.05, 4.69) is 37.9 Å². The molecule has 0 saturated heterocycles. The fourth-order valence-corrected chi connectivity index (χ4v) is 1.92. The number of rotatable bonds is 12. The van der Waals surface area contributed by atoms with E-state index in [1.54, 1.807) is 0 Å². The molecule has 0 aliphatic rings. The molecule has 0 fully saturated rings. The third-order valence-electron chi connectivity index (χ3n) is 3.04. The van der Waals surface area contributed by atoms with E-state index in [0.29, 0.717) is 0 Å². The van der Waals surface area contributed by atoms with Gasteiger partial charge in [-0.3, -0.25) is 0 Å². The molecular formula is C15H34N2. The van der Waals surface area contributed by atoms with Gasteiger partial charge in [0.25, 0.3) is 0 Å². The van der Waals surface area contributed by atoms with Crippen LogP contribution in [0.1, 0.15) is 59.8 Å². The van der Waals surface area contributed by atoms with Crippen LogP contribution in [0.25, 0.3) is 0 Å². The summed E-state index contributed by atoms with van der Waals surface area (Å²) < 4.78 is 0. The maximum absolute atomic E-state index is 3.53. The second kappa shape index (κ2) is 12.4. The van der Waals surface area contributed by atoms with Crippen LogP contribution in [0.4, 0.5) is 0 Å². The quantitative estimate of drug-likeness (QED) is 0.527. The molecule has 17 heavy (non-hydrogen) atoms. The van der Waals surface area contributed by atoms with Gasteiger partial charge in [-0.25, -0.2) is 0 Å². The molecule has 104 valence electrons. The first-order valence-corrected chi connectivity index (χ1v) is 7.63. The summed E-state index contributed by atoms with van der Waals surface area (Å²) >= 11 is 0. The van der Waals surface area contributed by atoms with Gasteiger partial charge >= 0.3 is 0 Å². The van der Waals surface area contributed by atoms with E-state index in [0.717, 1.165) is 12.5 Å². The van der Waals surface area contributed by atoms with Gasteiger partial charge < -0.3 is 10.2 Å². The van der Waals surface area contributed by atoms with Crippen LogP contribution < -0.4 is 5.32 Å². The Morgan fingerprint density at radius 1 is 0.882 bits per heavy atom. The van der Waals surface area contributed by atoms with Crippen molar-refractivity contribution < 1.29 is 0 Å². The summed E-state index contributed by atoms with van der Waals surface area (Å²) in [6, 6.07) is 0. The van der Waals surface area contributed by atoms with Crippen molar-refractivity contribution in [1.29, 1.82) is 0 Å². The molecule has 0 saturated carbocycles. The van der Waals surface area contributed by atoms with E-state index >= 15 is 0 Å². The Balaban J connectivity index is 3.52. The fraction of sp³-hybridized carbons (Fsp3) is 1.00. The van der Waals surface area contributed by atoms with Crippen LogP contribution in [0.3, 0.4) is 0 Å². The molecule has 1 N–H and O–H groups in total. The Labute approximate surface area is 109 Å². The van der Waals surface area contributed by atoms with Gasteiger partial charge in [0.05, 0.1) is 0 Å². The zero-order valence-electron chi connectivity index (χ0n) is 12.6. The molecular weight excluding hydrogens is 208 g/mol. The Morgan fingerprint density at radius 2 is 1.41 bits per heavy atom. The summed E-state index contributed by atoms with van der Waals surface area (Å²) in [6.45, 7) is 15.3. The molecule has 0 bridgehead atoms. The van der Waals surface area contributed by atoms with Gasteiger partial charge in [0.15, 0.2) is 0 Å². The molecule has 2 nitrogen and oxygen atoms in total. The summed E-state index contributed by atoms with van der Waals surface area (Å²) in [5, 5.41) is 3.53. The number of hydrogen-bond donors (Lipinski definition) is 1. The normalized spacial score (nSPS) is 11.6. The Kier molecular flexibility index (Phi) is 12.3. The molecule has 0 aromatic carbocycles. The van der Waals surface area contributed by atoms with Crippen molar-refractivity contribution in [1.82, 2.24) is 10.2 Å². The highest BCUT2D eigenvalue weighted by Crippen LogP contribution is 2.00. The van der Waals surface area contributed by atoms with Crippen molar-refractivity contribution in [2.45, 2.75) is 59.8 Å². The minimum absolute atomic E-state index is 0.770. The van der Waals surface area contributed by atoms with Gasteiger partial charge in [0.1, 0.15) is 0 Å². The zero-order valence-corrected chi connectivity index (χ0v) is 12.6. The van der Waals surface area contributed by atoms with Crippen molar-refractivity contribution in [2.24, 2.45) is 5.92 Å². The molecule has 2 heteroatoms. The average Bonchev–Trinajstić information content (AvgIpc) is 2.30. The number of unbranched alkanes of at least 4 members (excludes halogenated alkanes) is 2. The first-order valence-electron chi connectivity index (χ1n) is 7.63. The van der Waals surface area contributed by atoms with Gasteiger partial charge in [0.2, 0.25) is 0 Å². The van der Waals surface area contributed by atoms with Crippen molar-refractivity contribution in [3.05, 3.63) is 0 Å². The molecule has 0 aromatic rings. The Hall–Kier alpha value is -0.0800. The first-order chi connectivity index (χ1) is 8.20. The van der Waals surface area contributed by atoms with Crippen LogP contribution in [-0.4, -0.2) is 37.6 Å². The number of nitrogens with zero attached hydrogens (tertiary/aromatic N) is 1. The average molecular weight is 242 g/mol. The molecule has 0 aliphatic heterocycles. The molecule has 0 spiro atoms. The van der Waals surface area contributed by atoms with Crippen LogP contribution in [0.15, 0.2) is 0 Å². The molecule has 0 radical (unpaired) electrons. The van der Waals surface area contributed by atoms with Gasteiger partial charge in [-0.15, -0.1) is 0 Å². The third-order valence-corrected chi connectivity index (χ3v) is 3.04. The van der Waals surface area contributed by atoms with Crippen LogP contribution in [0, 0.1) is 5.92 Å². The maximum Gasteiger partial charge on any atom is -0.000664 e. The van der Waals surface area contributed by atoms with E-state index in [1.165, 1.54) is 58.3 Å². The SMILES string of the molecule is CCCCN(CCCC)CCCNCC(C)C. The van der Waals surface area contributed by atoms with Crippen molar-refractivity contribution >= 4 is 0 Å². The van der Waals surface area contributed by atoms with Crippen molar-refractivity contribution in [3.8, 4) is 0 Å². The Bertz CT molecular complexity index is 138. The summed E-state index contributed by atoms with van der Waals surface area (Å²) in [7, 11) is 0. The fourth-order valence-electron chi connectivity index (χ4n) is 1.92. The highest BCUT2D eigenvalue weighted by molar-refractivity contribution is 4.60. The molecule has 0 aliphatic carbocycles. The molecule has 0 aromatic heterocycles. The summed E-state index contributed by atoms with van der Waals surface area (Å²) in [5.74, 6) is 0.770. The monoisotopic (exact) mass is 242 g/mol. The lowest BCUT2D eigenvalue weighted by atomic mass is 10.2. The first kappa shape index (κ1) is 16.9. The standard InChI is InChI=1S/C15H34N2/c1-5-7-11-17(12-8-6-2)13-9-10-16-14-15(3)4/h15-16H,5-14H2,1-4H3. The molecule has 0 atom stereocenters. The highest BCUT2D eigenvalue weighted by atomic mass is 15.1. The van der Waals surface area contributed by atoms with E-state index in [4.69, 9.17) is 0 Å². The van der Waals surface area contributed by atoms with Crippen LogP contribution in [-0.2, 0) is 0 Å². The summed E-state index contributed by atoms with van der Waals surface area (Å²) in [5.41, 5.74) is 0. The molecule has 0 unspecified atom stereocenters. The van der Waals surface area contributed by atoms with Gasteiger partial charge in [-0.2, -0.15) is 0 Å². The predicted molar refractivity (Wildman–Crippen MR) is 78.6 cm³/mol. The lowest BCUT2D eigenvalue weighted by Crippen LogP contribution is -2.30. The number of nitrogens with one attached hydrogen (secondary N) is 1. The van der Waals surface area contributed by atoms with Crippen molar-refractivity contribution in [3.63, 3.8) is 0 Å². The lowest BCUT2D eigenvalue weighted by Gasteiger charge is -2.22. The van der Waals surface area contributed by atoms with E-state index in [1.807, 2.05) is 0 Å². The third kappa shape index (κ3) is 12.2. The highest BCUT2D eigenvalue weighted by Gasteiger charge is 2.03. The second-order valence-electron chi connectivity index (χ2n) is 5.50. The van der Waals surface area contributed by atoms with E-state index in [9.17, 15) is 0 Å². The minimum atomic E-state index is 0.770. The minimum Gasteiger partial charge on any atom is -0.316 e. The van der Waals surface area contributed by atoms with Crippen LogP contribution >= 0.6 is 0 Å². The molecule has 0 rings (SSSR count). The molecule has 0 amide bonds. The predicted octanol–water partition coefficient (Wildman–Crippen LogP) is 3.52. The zero-order chi connectivity index (χ0) is 12.9. The van der Waals surface area contributed by atoms with E-state index in [-0.39, 0.29) is 0 Å². The Morgan fingerprint density at radius 3 is 1.88 bits per heavy atom. The lowest BCUT2D eigenvalue weighted by molar-refractivity contribution is 0.260. The summed E-state index contributed by atoms with van der Waals surface area (Å²) in [6.07, 6.45) is 6.62. The molecule has 0 heterocycles. The largest absolute Gasteiger partial charge is 0.316 e. The van der Waals surface area contributed by atoms with Crippen LogP contribution in [0.2, 0.25) is 0 Å². The van der Waals surface area contributed by atoms with E-state index < -0.39 is 0 Å².